The van der Waals surface area contributed by atoms with Crippen LogP contribution in [0.15, 0.2) is 34.0 Å². The second-order valence-electron chi connectivity index (χ2n) is 7.41. The Kier molecular flexibility index (Phi) is 8.70. The van der Waals surface area contributed by atoms with Gasteiger partial charge in [-0.1, -0.05) is 28.7 Å². The fourth-order valence-electron chi connectivity index (χ4n) is 4.11. The van der Waals surface area contributed by atoms with Gasteiger partial charge in [-0.05, 0) is 60.4 Å². The number of aryl methyl sites for hydroxylation is 1. The summed E-state index contributed by atoms with van der Waals surface area (Å²) in [5.74, 6) is 1.64. The van der Waals surface area contributed by atoms with E-state index in [1.165, 1.54) is 11.8 Å². The number of carbonyl (C=O) groups excluding carboxylic acids is 1. The zero-order chi connectivity index (χ0) is 23.3. The van der Waals surface area contributed by atoms with Crippen LogP contribution in [0.25, 0.3) is 11.1 Å². The fraction of sp³-hybridized carbons (Fsp3) is 0.417. The van der Waals surface area contributed by atoms with Gasteiger partial charge < -0.3 is 19.5 Å². The lowest BCUT2D eigenvalue weighted by molar-refractivity contribution is -0.121. The molecule has 1 aliphatic rings. The highest BCUT2D eigenvalue weighted by molar-refractivity contribution is 14.1. The second kappa shape index (κ2) is 11.3. The van der Waals surface area contributed by atoms with Crippen LogP contribution in [0.1, 0.15) is 36.4 Å². The zero-order valence-electron chi connectivity index (χ0n) is 18.7. The number of methoxy groups -OCH3 is 3. The molecule has 0 saturated heterocycles. The fourth-order valence-corrected chi connectivity index (χ4v) is 4.96. The number of hydrogen-bond acceptors (Lipinski definition) is 6. The third kappa shape index (κ3) is 5.01. The lowest BCUT2D eigenvalue weighted by Crippen LogP contribution is -2.29. The van der Waals surface area contributed by atoms with Gasteiger partial charge in [0.15, 0.2) is 16.9 Å². The predicted octanol–water partition coefficient (Wildman–Crippen LogP) is 4.78. The quantitative estimate of drug-likeness (QED) is 0.280. The van der Waals surface area contributed by atoms with Crippen LogP contribution >= 0.6 is 34.4 Å². The molecule has 1 N–H and O–H groups in total. The van der Waals surface area contributed by atoms with Gasteiger partial charge in [-0.2, -0.15) is 0 Å². The van der Waals surface area contributed by atoms with Gasteiger partial charge in [0.05, 0.1) is 32.3 Å². The summed E-state index contributed by atoms with van der Waals surface area (Å²) in [6, 6.07) is 7.13. The molecule has 32 heavy (non-hydrogen) atoms. The summed E-state index contributed by atoms with van der Waals surface area (Å²) >= 11 is 3.68. The Labute approximate surface area is 206 Å². The molecule has 0 aromatic heterocycles. The lowest BCUT2D eigenvalue weighted by atomic mass is 9.95. The van der Waals surface area contributed by atoms with E-state index in [4.69, 9.17) is 14.2 Å². The van der Waals surface area contributed by atoms with E-state index in [1.807, 2.05) is 24.5 Å². The van der Waals surface area contributed by atoms with Crippen molar-refractivity contribution in [3.63, 3.8) is 0 Å². The summed E-state index contributed by atoms with van der Waals surface area (Å²) < 4.78 is 17.9. The first-order valence-electron chi connectivity index (χ1n) is 10.4. The van der Waals surface area contributed by atoms with Gasteiger partial charge in [0.1, 0.15) is 0 Å². The minimum atomic E-state index is -0.282. The monoisotopic (exact) mass is 569 g/mol. The molecule has 0 bridgehead atoms. The van der Waals surface area contributed by atoms with E-state index in [1.54, 1.807) is 27.4 Å². The first-order valence-corrected chi connectivity index (χ1v) is 13.1. The average molecular weight is 569 g/mol. The van der Waals surface area contributed by atoms with Gasteiger partial charge in [-0.3, -0.25) is 9.59 Å². The zero-order valence-corrected chi connectivity index (χ0v) is 21.7. The van der Waals surface area contributed by atoms with E-state index in [-0.39, 0.29) is 17.4 Å². The molecule has 0 unspecified atom stereocenters. The van der Waals surface area contributed by atoms with Crippen LogP contribution < -0.4 is 25.0 Å². The van der Waals surface area contributed by atoms with Crippen molar-refractivity contribution < 1.29 is 19.0 Å². The molecule has 1 aliphatic carbocycles. The molecule has 3 rings (SSSR count). The SMILES string of the molecule is COc1cc2c(c(OC)c1OC)-c1ccc(SC)c(=O)cc1[C@@H](NC(=O)CCCI)CC2. The number of hydrogen-bond donors (Lipinski definition) is 1. The Morgan fingerprint density at radius 3 is 2.53 bits per heavy atom. The number of halogens is 1. The summed E-state index contributed by atoms with van der Waals surface area (Å²) in [6.07, 6.45) is 4.51. The Morgan fingerprint density at radius 1 is 1.16 bits per heavy atom. The molecule has 2 aromatic rings. The number of thioether (sulfide) groups is 1. The minimum Gasteiger partial charge on any atom is -0.493 e. The average Bonchev–Trinajstić information content (AvgIpc) is 3.04. The summed E-state index contributed by atoms with van der Waals surface area (Å²) in [4.78, 5) is 26.2. The van der Waals surface area contributed by atoms with Crippen molar-refractivity contribution >= 4 is 40.3 Å². The molecule has 0 spiro atoms. The summed E-state index contributed by atoms with van der Waals surface area (Å²) in [5.41, 5.74) is 3.48. The van der Waals surface area contributed by atoms with Crippen LogP contribution in [0, 0.1) is 0 Å². The summed E-state index contributed by atoms with van der Waals surface area (Å²) in [5, 5.41) is 3.17. The number of fused-ring (bicyclic) bond motifs is 3. The molecule has 0 aliphatic heterocycles. The minimum absolute atomic E-state index is 0.00487. The summed E-state index contributed by atoms with van der Waals surface area (Å²) in [7, 11) is 4.77. The van der Waals surface area contributed by atoms with Crippen LogP contribution in [-0.4, -0.2) is 37.9 Å². The maximum absolute atomic E-state index is 12.9. The van der Waals surface area contributed by atoms with Crippen LogP contribution in [0.5, 0.6) is 17.2 Å². The molecule has 0 fully saturated rings. The van der Waals surface area contributed by atoms with Gasteiger partial charge in [0, 0.05) is 16.4 Å². The van der Waals surface area contributed by atoms with Crippen LogP contribution in [-0.2, 0) is 11.2 Å². The van der Waals surface area contributed by atoms with Crippen molar-refractivity contribution in [2.24, 2.45) is 0 Å². The van der Waals surface area contributed by atoms with Crippen molar-refractivity contribution in [3.05, 3.63) is 45.6 Å². The maximum Gasteiger partial charge on any atom is 0.220 e. The van der Waals surface area contributed by atoms with E-state index in [2.05, 4.69) is 27.9 Å². The number of benzene rings is 1. The number of ether oxygens (including phenoxy) is 3. The molecule has 6 nitrogen and oxygen atoms in total. The van der Waals surface area contributed by atoms with Crippen LogP contribution in [0.4, 0.5) is 0 Å². The number of rotatable bonds is 8. The smallest absolute Gasteiger partial charge is 0.220 e. The third-order valence-corrected chi connectivity index (χ3v) is 7.13. The molecule has 1 atom stereocenters. The first-order chi connectivity index (χ1) is 15.5. The second-order valence-corrected chi connectivity index (χ2v) is 9.34. The molecule has 172 valence electrons. The Bertz CT molecular complexity index is 1060. The van der Waals surface area contributed by atoms with E-state index in [0.29, 0.717) is 41.4 Å². The molecule has 0 heterocycles. The highest BCUT2D eigenvalue weighted by atomic mass is 127. The highest BCUT2D eigenvalue weighted by Crippen LogP contribution is 2.50. The molecule has 1 amide bonds. The molecule has 8 heteroatoms. The molecule has 2 aromatic carbocycles. The van der Waals surface area contributed by atoms with Crippen molar-refractivity contribution in [1.29, 1.82) is 0 Å². The highest BCUT2D eigenvalue weighted by Gasteiger charge is 2.29. The van der Waals surface area contributed by atoms with Crippen molar-refractivity contribution in [2.75, 3.05) is 32.0 Å². The van der Waals surface area contributed by atoms with Crippen molar-refractivity contribution in [2.45, 2.75) is 36.6 Å². The number of alkyl halides is 1. The molecular weight excluding hydrogens is 541 g/mol. The van der Waals surface area contributed by atoms with Gasteiger partial charge in [0.2, 0.25) is 11.7 Å². The maximum atomic E-state index is 12.9. The van der Waals surface area contributed by atoms with Gasteiger partial charge in [0.25, 0.3) is 0 Å². The number of amides is 1. The van der Waals surface area contributed by atoms with Crippen LogP contribution in [0.2, 0.25) is 0 Å². The van der Waals surface area contributed by atoms with Gasteiger partial charge in [-0.15, -0.1) is 11.8 Å². The van der Waals surface area contributed by atoms with E-state index in [0.717, 1.165) is 33.1 Å². The Morgan fingerprint density at radius 2 is 1.91 bits per heavy atom. The van der Waals surface area contributed by atoms with Crippen molar-refractivity contribution in [3.8, 4) is 28.4 Å². The van der Waals surface area contributed by atoms with Gasteiger partial charge in [-0.25, -0.2) is 0 Å². The largest absolute Gasteiger partial charge is 0.493 e. The third-order valence-electron chi connectivity index (χ3n) is 5.59. The normalized spacial score (nSPS) is 14.6. The van der Waals surface area contributed by atoms with Crippen molar-refractivity contribution in [1.82, 2.24) is 5.32 Å². The van der Waals surface area contributed by atoms with Crippen LogP contribution in [0.3, 0.4) is 0 Å². The molecule has 0 radical (unpaired) electrons. The topological polar surface area (TPSA) is 73.9 Å². The van der Waals surface area contributed by atoms with E-state index < -0.39 is 0 Å². The first kappa shape index (κ1) is 24.7. The lowest BCUT2D eigenvalue weighted by Gasteiger charge is -2.20. The predicted molar refractivity (Wildman–Crippen MR) is 137 cm³/mol. The number of nitrogens with one attached hydrogen (secondary N) is 1. The Balaban J connectivity index is 2.28. The number of carbonyl (C=O) groups is 1. The van der Waals surface area contributed by atoms with Gasteiger partial charge >= 0.3 is 0 Å². The Hall–Kier alpha value is -1.94. The van der Waals surface area contributed by atoms with E-state index in [9.17, 15) is 9.59 Å². The van der Waals surface area contributed by atoms with E-state index >= 15 is 0 Å². The molecule has 0 saturated carbocycles. The molecular formula is C24H28INO5S. The summed E-state index contributed by atoms with van der Waals surface area (Å²) in [6.45, 7) is 0. The standard InChI is InChI=1S/C24H28INO5S/c1-29-19-12-14-7-9-17(26-21(28)6-5-11-25)16-13-18(27)20(32-4)10-8-15(16)22(14)24(31-3)23(19)30-2/h8,10,12-13,17H,5-7,9,11H2,1-4H3,(H,26,28)/t17-/m0/s1.